The summed E-state index contributed by atoms with van der Waals surface area (Å²) in [7, 11) is 1.59. The van der Waals surface area contributed by atoms with Crippen LogP contribution in [-0.2, 0) is 17.4 Å². The zero-order valence-electron chi connectivity index (χ0n) is 17.2. The van der Waals surface area contributed by atoms with Gasteiger partial charge in [0.25, 0.3) is 5.56 Å². The lowest BCUT2D eigenvalue weighted by Crippen LogP contribution is -2.20. The number of nitrogens with one attached hydrogen (secondary N) is 1. The van der Waals surface area contributed by atoms with E-state index in [4.69, 9.17) is 9.26 Å². The van der Waals surface area contributed by atoms with Crippen LogP contribution < -0.4 is 5.56 Å². The molecule has 3 aromatic rings. The highest BCUT2D eigenvalue weighted by Gasteiger charge is 2.26. The first kappa shape index (κ1) is 20.4. The molecule has 0 spiro atoms. The average molecular weight is 397 g/mol. The molecule has 0 bridgehead atoms. The number of esters is 1. The minimum absolute atomic E-state index is 0.254. The van der Waals surface area contributed by atoms with E-state index in [1.807, 2.05) is 0 Å². The predicted molar refractivity (Wildman–Crippen MR) is 107 cm³/mol. The van der Waals surface area contributed by atoms with Crippen molar-refractivity contribution in [3.05, 3.63) is 50.9 Å². The molecule has 0 saturated heterocycles. The van der Waals surface area contributed by atoms with Crippen molar-refractivity contribution in [1.29, 1.82) is 0 Å². The third kappa shape index (κ3) is 3.82. The van der Waals surface area contributed by atoms with Gasteiger partial charge in [-0.05, 0) is 34.6 Å². The smallest absolute Gasteiger partial charge is 0.340 e. The highest BCUT2D eigenvalue weighted by molar-refractivity contribution is 6.07. The van der Waals surface area contributed by atoms with Crippen LogP contribution in [0.1, 0.15) is 53.8 Å². The highest BCUT2D eigenvalue weighted by atomic mass is 16.5. The lowest BCUT2D eigenvalue weighted by atomic mass is 10.0. The molecule has 0 aliphatic heterocycles. The molecule has 29 heavy (non-hydrogen) atoms. The molecule has 8 nitrogen and oxygen atoms in total. The Morgan fingerprint density at radius 1 is 1.41 bits per heavy atom. The summed E-state index contributed by atoms with van der Waals surface area (Å²) in [5.74, 6) is 5.66. The number of carbonyl (C=O) groups is 1. The maximum Gasteiger partial charge on any atom is 0.340 e. The number of fused-ring (bicyclic) bond motifs is 1. The van der Waals surface area contributed by atoms with Gasteiger partial charge in [0.1, 0.15) is 17.0 Å². The summed E-state index contributed by atoms with van der Waals surface area (Å²) in [5, 5.41) is 14.9. The van der Waals surface area contributed by atoms with Gasteiger partial charge < -0.3 is 23.9 Å². The molecule has 0 saturated carbocycles. The van der Waals surface area contributed by atoms with Crippen molar-refractivity contribution in [3.8, 4) is 11.8 Å². The lowest BCUT2D eigenvalue weighted by Gasteiger charge is -2.12. The van der Waals surface area contributed by atoms with Gasteiger partial charge in [0.2, 0.25) is 0 Å². The number of aromatic amines is 1. The summed E-state index contributed by atoms with van der Waals surface area (Å²) in [6, 6.07) is 1.59. The van der Waals surface area contributed by atoms with Crippen molar-refractivity contribution in [2.75, 3.05) is 0 Å². The van der Waals surface area contributed by atoms with Crippen molar-refractivity contribution in [2.45, 2.75) is 46.3 Å². The third-order valence-corrected chi connectivity index (χ3v) is 4.43. The first-order valence-corrected chi connectivity index (χ1v) is 9.13. The van der Waals surface area contributed by atoms with Crippen LogP contribution >= 0.6 is 0 Å². The van der Waals surface area contributed by atoms with Crippen LogP contribution in [-0.4, -0.2) is 31.9 Å². The van der Waals surface area contributed by atoms with Gasteiger partial charge in [-0.15, -0.1) is 0 Å². The van der Waals surface area contributed by atoms with Crippen molar-refractivity contribution >= 4 is 16.9 Å². The molecule has 1 atom stereocenters. The van der Waals surface area contributed by atoms with Gasteiger partial charge in [0.05, 0.1) is 17.2 Å². The van der Waals surface area contributed by atoms with Crippen molar-refractivity contribution in [2.24, 2.45) is 7.05 Å². The molecule has 8 heteroatoms. The fourth-order valence-electron chi connectivity index (χ4n) is 3.02. The zero-order valence-corrected chi connectivity index (χ0v) is 17.2. The van der Waals surface area contributed by atoms with Gasteiger partial charge in [-0.1, -0.05) is 17.0 Å². The van der Waals surface area contributed by atoms with Gasteiger partial charge in [-0.3, -0.25) is 4.79 Å². The Kier molecular flexibility index (Phi) is 5.11. The van der Waals surface area contributed by atoms with Gasteiger partial charge in [-0.2, -0.15) is 0 Å². The maximum atomic E-state index is 12.7. The Morgan fingerprint density at radius 2 is 2.10 bits per heavy atom. The molecule has 1 unspecified atom stereocenters. The van der Waals surface area contributed by atoms with Crippen LogP contribution in [0.15, 0.2) is 21.6 Å². The Hall–Kier alpha value is -3.31. The van der Waals surface area contributed by atoms with Crippen molar-refractivity contribution in [3.63, 3.8) is 0 Å². The van der Waals surface area contributed by atoms with E-state index in [0.29, 0.717) is 22.4 Å². The largest absolute Gasteiger partial charge is 0.459 e. The highest BCUT2D eigenvalue weighted by Crippen LogP contribution is 2.25. The summed E-state index contributed by atoms with van der Waals surface area (Å²) < 4.78 is 11.7. The van der Waals surface area contributed by atoms with Crippen LogP contribution in [0.4, 0.5) is 0 Å². The quantitative estimate of drug-likeness (QED) is 0.518. The number of rotatable bonds is 3. The molecule has 0 amide bonds. The molecule has 0 aliphatic rings. The summed E-state index contributed by atoms with van der Waals surface area (Å²) >= 11 is 0. The van der Waals surface area contributed by atoms with E-state index in [-0.39, 0.29) is 28.4 Å². The van der Waals surface area contributed by atoms with Gasteiger partial charge >= 0.3 is 5.97 Å². The normalized spacial score (nSPS) is 13.2. The number of pyridine rings is 1. The van der Waals surface area contributed by atoms with Crippen LogP contribution in [0.25, 0.3) is 10.9 Å². The van der Waals surface area contributed by atoms with E-state index in [0.717, 1.165) is 0 Å². The van der Waals surface area contributed by atoms with Gasteiger partial charge in [0.15, 0.2) is 5.60 Å². The number of ether oxygens (including phenoxy) is 1. The Labute approximate surface area is 167 Å². The van der Waals surface area contributed by atoms with Crippen LogP contribution in [0, 0.1) is 25.7 Å². The van der Waals surface area contributed by atoms with Gasteiger partial charge in [0, 0.05) is 30.4 Å². The van der Waals surface area contributed by atoms with Crippen molar-refractivity contribution in [1.82, 2.24) is 14.7 Å². The monoisotopic (exact) mass is 397 g/mol. The Balaban J connectivity index is 2.22. The number of carbonyl (C=O) groups excluding carboxylic acids is 1. The molecule has 0 aliphatic carbocycles. The summed E-state index contributed by atoms with van der Waals surface area (Å²) in [4.78, 5) is 28.2. The number of H-pyrrole nitrogens is 1. The molecule has 152 valence electrons. The fraction of sp³-hybridized carbons (Fsp3) is 0.381. The van der Waals surface area contributed by atoms with E-state index >= 15 is 0 Å². The summed E-state index contributed by atoms with van der Waals surface area (Å²) in [6.45, 7) is 8.40. The Bertz CT molecular complexity index is 1210. The number of aliphatic hydroxyl groups is 1. The molecular weight excluding hydrogens is 374 g/mol. The molecule has 3 rings (SSSR count). The number of aryl methyl sites for hydroxylation is 3. The molecule has 2 N–H and O–H groups in total. The maximum absolute atomic E-state index is 12.7. The number of aromatic nitrogens is 3. The molecule has 3 aromatic heterocycles. The van der Waals surface area contributed by atoms with E-state index in [1.165, 1.54) is 17.7 Å². The number of hydrogen-bond acceptors (Lipinski definition) is 6. The molecule has 3 heterocycles. The first-order chi connectivity index (χ1) is 13.5. The van der Waals surface area contributed by atoms with E-state index in [9.17, 15) is 14.7 Å². The van der Waals surface area contributed by atoms with Gasteiger partial charge in [-0.25, -0.2) is 4.79 Å². The van der Waals surface area contributed by atoms with Crippen LogP contribution in [0.5, 0.6) is 0 Å². The molecular formula is C21H23N3O5. The minimum Gasteiger partial charge on any atom is -0.459 e. The zero-order chi connectivity index (χ0) is 21.5. The second-order valence-corrected chi connectivity index (χ2v) is 7.43. The third-order valence-electron chi connectivity index (χ3n) is 4.43. The average Bonchev–Trinajstić information content (AvgIpc) is 3.20. The van der Waals surface area contributed by atoms with E-state index < -0.39 is 11.6 Å². The first-order valence-electron chi connectivity index (χ1n) is 9.13. The van der Waals surface area contributed by atoms with E-state index in [1.54, 1.807) is 40.8 Å². The second-order valence-electron chi connectivity index (χ2n) is 7.43. The predicted octanol–water partition coefficient (Wildman–Crippen LogP) is 2.30. The summed E-state index contributed by atoms with van der Waals surface area (Å²) in [6.07, 6.45) is 1.21. The number of nitrogens with zero attached hydrogens (tertiary/aromatic N) is 2. The fourth-order valence-corrected chi connectivity index (χ4v) is 3.02. The lowest BCUT2D eigenvalue weighted by molar-refractivity contribution is 0.0379. The second kappa shape index (κ2) is 7.26. The number of hydrogen-bond donors (Lipinski definition) is 2. The topological polar surface area (TPSA) is 110 Å². The van der Waals surface area contributed by atoms with Crippen LogP contribution in [0.3, 0.4) is 0 Å². The van der Waals surface area contributed by atoms with E-state index in [2.05, 4.69) is 22.0 Å². The molecule has 0 fully saturated rings. The standard InChI is InChI=1S/C21H23N3O5/c1-11(2)28-20(26)16-13(4)22-18-17(16)14(10-24(6)19(18)25)7-8-21(5,27)15-9-12(3)29-23-15/h9-11,22,27H,1-6H3. The molecule has 0 radical (unpaired) electrons. The van der Waals surface area contributed by atoms with Crippen molar-refractivity contribution < 1.29 is 19.2 Å². The summed E-state index contributed by atoms with van der Waals surface area (Å²) in [5.41, 5.74) is -0.178. The Morgan fingerprint density at radius 3 is 2.69 bits per heavy atom. The SMILES string of the molecule is Cc1cc(C(C)(O)C#Cc2cn(C)c(=O)c3[nH]c(C)c(C(=O)OC(C)C)c23)no1. The van der Waals surface area contributed by atoms with Crippen LogP contribution in [0.2, 0.25) is 0 Å². The minimum atomic E-state index is -1.58. The molecule has 0 aromatic carbocycles.